The minimum absolute atomic E-state index is 0.162. The Bertz CT molecular complexity index is 1100. The number of aromatic nitrogens is 2. The zero-order valence-electron chi connectivity index (χ0n) is 15.8. The Balaban J connectivity index is 1.77. The summed E-state index contributed by atoms with van der Waals surface area (Å²) in [6.07, 6.45) is 3.52. The maximum atomic E-state index is 14.2. The summed E-state index contributed by atoms with van der Waals surface area (Å²) >= 11 is 0. The summed E-state index contributed by atoms with van der Waals surface area (Å²) in [5.41, 5.74) is 1.49. The minimum Gasteiger partial charge on any atom is -0.348 e. The summed E-state index contributed by atoms with van der Waals surface area (Å²) < 4.78 is 42.5. The van der Waals surface area contributed by atoms with E-state index in [0.717, 1.165) is 29.3 Å². The van der Waals surface area contributed by atoms with Crippen molar-refractivity contribution in [1.82, 2.24) is 19.8 Å². The molecule has 3 aromatic rings. The number of carbonyl (C=O) groups excluding carboxylic acids is 1. The molecule has 0 fully saturated rings. The molecule has 1 amide bonds. The second-order valence-electron chi connectivity index (χ2n) is 6.30. The second-order valence-corrected chi connectivity index (χ2v) is 8.06. The number of rotatable bonds is 8. The number of nitrogens with zero attached hydrogens (tertiary/aromatic N) is 2. The molecule has 0 aliphatic heterocycles. The molecule has 1 heterocycles. The fourth-order valence-corrected chi connectivity index (χ4v) is 3.91. The number of nitrogens with one attached hydrogen (secondary N) is 2. The minimum atomic E-state index is -3.79. The van der Waals surface area contributed by atoms with Crippen LogP contribution in [-0.4, -0.2) is 30.7 Å². The molecule has 9 heteroatoms. The van der Waals surface area contributed by atoms with Crippen molar-refractivity contribution in [2.45, 2.75) is 24.9 Å². The quantitative estimate of drug-likeness (QED) is 0.589. The van der Waals surface area contributed by atoms with Gasteiger partial charge in [0.05, 0.1) is 17.0 Å². The SMILES string of the molecule is CCNS(=O)(=O)c1ccc(F)c(C(=O)NCc2ccccc2Cn2cccn2)c1. The molecular weight excluding hydrogens is 395 g/mol. The summed E-state index contributed by atoms with van der Waals surface area (Å²) in [4.78, 5) is 12.4. The lowest BCUT2D eigenvalue weighted by Gasteiger charge is -2.12. The number of hydrogen-bond donors (Lipinski definition) is 2. The van der Waals surface area contributed by atoms with E-state index in [4.69, 9.17) is 0 Å². The van der Waals surface area contributed by atoms with Crippen LogP contribution in [0, 0.1) is 5.82 Å². The number of halogens is 1. The molecule has 0 saturated carbocycles. The van der Waals surface area contributed by atoms with Crippen LogP contribution in [0.2, 0.25) is 0 Å². The first-order valence-electron chi connectivity index (χ1n) is 9.02. The van der Waals surface area contributed by atoms with Gasteiger partial charge in [-0.3, -0.25) is 9.48 Å². The van der Waals surface area contributed by atoms with E-state index < -0.39 is 21.7 Å². The van der Waals surface area contributed by atoms with Gasteiger partial charge in [0, 0.05) is 25.5 Å². The molecular formula is C20H21FN4O3S. The first-order valence-corrected chi connectivity index (χ1v) is 10.5. The van der Waals surface area contributed by atoms with Gasteiger partial charge in [-0.25, -0.2) is 17.5 Å². The highest BCUT2D eigenvalue weighted by atomic mass is 32.2. The van der Waals surface area contributed by atoms with Crippen LogP contribution in [0.3, 0.4) is 0 Å². The van der Waals surface area contributed by atoms with E-state index in [2.05, 4.69) is 15.1 Å². The van der Waals surface area contributed by atoms with Crippen LogP contribution < -0.4 is 10.0 Å². The number of carbonyl (C=O) groups is 1. The van der Waals surface area contributed by atoms with Crippen molar-refractivity contribution in [3.63, 3.8) is 0 Å². The third-order valence-electron chi connectivity index (χ3n) is 4.28. The highest BCUT2D eigenvalue weighted by Crippen LogP contribution is 2.16. The highest BCUT2D eigenvalue weighted by Gasteiger charge is 2.19. The number of sulfonamides is 1. The molecule has 29 heavy (non-hydrogen) atoms. The summed E-state index contributed by atoms with van der Waals surface area (Å²) in [6, 6.07) is 12.5. The van der Waals surface area contributed by atoms with Crippen molar-refractivity contribution in [3.8, 4) is 0 Å². The third kappa shape index (κ3) is 5.07. The van der Waals surface area contributed by atoms with Crippen molar-refractivity contribution < 1.29 is 17.6 Å². The molecule has 0 aliphatic carbocycles. The average molecular weight is 416 g/mol. The van der Waals surface area contributed by atoms with Crippen molar-refractivity contribution in [3.05, 3.63) is 83.4 Å². The van der Waals surface area contributed by atoms with E-state index in [-0.39, 0.29) is 23.5 Å². The molecule has 0 saturated heterocycles. The van der Waals surface area contributed by atoms with Crippen LogP contribution in [0.1, 0.15) is 28.4 Å². The number of hydrogen-bond acceptors (Lipinski definition) is 4. The molecule has 0 radical (unpaired) electrons. The Morgan fingerprint density at radius 2 is 1.90 bits per heavy atom. The topological polar surface area (TPSA) is 93.1 Å². The van der Waals surface area contributed by atoms with Crippen molar-refractivity contribution >= 4 is 15.9 Å². The van der Waals surface area contributed by atoms with Crippen molar-refractivity contribution in [1.29, 1.82) is 0 Å². The van der Waals surface area contributed by atoms with E-state index in [9.17, 15) is 17.6 Å². The van der Waals surface area contributed by atoms with Crippen molar-refractivity contribution in [2.75, 3.05) is 6.54 Å². The van der Waals surface area contributed by atoms with E-state index in [1.807, 2.05) is 36.5 Å². The molecule has 2 N–H and O–H groups in total. The maximum absolute atomic E-state index is 14.2. The summed E-state index contributed by atoms with van der Waals surface area (Å²) in [7, 11) is -3.79. The summed E-state index contributed by atoms with van der Waals surface area (Å²) in [5, 5.41) is 6.83. The largest absolute Gasteiger partial charge is 0.348 e. The van der Waals surface area contributed by atoms with Crippen LogP contribution in [0.5, 0.6) is 0 Å². The maximum Gasteiger partial charge on any atom is 0.254 e. The lowest BCUT2D eigenvalue weighted by molar-refractivity contribution is 0.0946. The van der Waals surface area contributed by atoms with E-state index >= 15 is 0 Å². The molecule has 0 bridgehead atoms. The van der Waals surface area contributed by atoms with Crippen LogP contribution in [0.4, 0.5) is 4.39 Å². The Morgan fingerprint density at radius 1 is 1.14 bits per heavy atom. The Hall–Kier alpha value is -3.04. The zero-order chi connectivity index (χ0) is 20.9. The lowest BCUT2D eigenvalue weighted by atomic mass is 10.1. The lowest BCUT2D eigenvalue weighted by Crippen LogP contribution is -2.26. The second kappa shape index (κ2) is 8.97. The van der Waals surface area contributed by atoms with Gasteiger partial charge in [0.1, 0.15) is 5.82 Å². The molecule has 152 valence electrons. The standard InChI is InChI=1S/C20H21FN4O3S/c1-2-24-29(27,28)17-8-9-19(21)18(12-17)20(26)22-13-15-6-3-4-7-16(15)14-25-11-5-10-23-25/h3-12,24H,2,13-14H2,1H3,(H,22,26). The van der Waals surface area contributed by atoms with E-state index in [1.54, 1.807) is 17.8 Å². The molecule has 2 aromatic carbocycles. The molecule has 0 spiro atoms. The van der Waals surface area contributed by atoms with Gasteiger partial charge < -0.3 is 5.32 Å². The predicted molar refractivity (Wildman–Crippen MR) is 106 cm³/mol. The fraction of sp³-hybridized carbons (Fsp3) is 0.200. The van der Waals surface area contributed by atoms with Crippen LogP contribution in [-0.2, 0) is 23.1 Å². The summed E-state index contributed by atoms with van der Waals surface area (Å²) in [5.74, 6) is -1.48. The molecule has 0 aliphatic rings. The molecule has 0 atom stereocenters. The first-order chi connectivity index (χ1) is 13.9. The van der Waals surface area contributed by atoms with Crippen molar-refractivity contribution in [2.24, 2.45) is 0 Å². The molecule has 7 nitrogen and oxygen atoms in total. The Morgan fingerprint density at radius 3 is 2.59 bits per heavy atom. The van der Waals surface area contributed by atoms with Gasteiger partial charge in [0.2, 0.25) is 10.0 Å². The predicted octanol–water partition coefficient (Wildman–Crippen LogP) is 2.30. The van der Waals surface area contributed by atoms with Crippen LogP contribution >= 0.6 is 0 Å². The zero-order valence-corrected chi connectivity index (χ0v) is 16.6. The third-order valence-corrected chi connectivity index (χ3v) is 5.82. The van der Waals surface area contributed by atoms with Gasteiger partial charge in [0.15, 0.2) is 0 Å². The smallest absolute Gasteiger partial charge is 0.254 e. The summed E-state index contributed by atoms with van der Waals surface area (Å²) in [6.45, 7) is 2.52. The molecule has 1 aromatic heterocycles. The number of amides is 1. The van der Waals surface area contributed by atoms with Gasteiger partial charge in [-0.05, 0) is 35.4 Å². The molecule has 0 unspecified atom stereocenters. The highest BCUT2D eigenvalue weighted by molar-refractivity contribution is 7.89. The normalized spacial score (nSPS) is 11.4. The first kappa shape index (κ1) is 20.7. The van der Waals surface area contributed by atoms with Gasteiger partial charge in [-0.1, -0.05) is 31.2 Å². The van der Waals surface area contributed by atoms with E-state index in [0.29, 0.717) is 6.54 Å². The van der Waals surface area contributed by atoms with Crippen LogP contribution in [0.15, 0.2) is 65.8 Å². The van der Waals surface area contributed by atoms with Gasteiger partial charge in [-0.2, -0.15) is 5.10 Å². The average Bonchev–Trinajstić information content (AvgIpc) is 3.20. The Kier molecular flexibility index (Phi) is 6.40. The van der Waals surface area contributed by atoms with Gasteiger partial charge >= 0.3 is 0 Å². The fourth-order valence-electron chi connectivity index (χ4n) is 2.84. The van der Waals surface area contributed by atoms with Crippen LogP contribution in [0.25, 0.3) is 0 Å². The van der Waals surface area contributed by atoms with E-state index in [1.165, 1.54) is 0 Å². The number of benzene rings is 2. The van der Waals surface area contributed by atoms with Gasteiger partial charge in [0.25, 0.3) is 5.91 Å². The monoisotopic (exact) mass is 416 g/mol. The van der Waals surface area contributed by atoms with Gasteiger partial charge in [-0.15, -0.1) is 0 Å². The molecule has 3 rings (SSSR count). The Labute approximate surface area is 168 Å².